The largest absolute Gasteiger partial charge is 0.494 e. The number of carbonyl (C=O) groups excluding carboxylic acids is 2. The summed E-state index contributed by atoms with van der Waals surface area (Å²) < 4.78 is 16.4. The zero-order valence-corrected chi connectivity index (χ0v) is 14.4. The number of hydrogen-bond acceptors (Lipinski definition) is 5. The molecular formula is C21H18O5. The molecule has 0 atom stereocenters. The van der Waals surface area contributed by atoms with Gasteiger partial charge < -0.3 is 14.2 Å². The molecule has 1 saturated carbocycles. The van der Waals surface area contributed by atoms with Crippen LogP contribution in [0.1, 0.15) is 35.7 Å². The summed E-state index contributed by atoms with van der Waals surface area (Å²) in [5.74, 6) is 1.44. The van der Waals surface area contributed by atoms with E-state index >= 15 is 0 Å². The summed E-state index contributed by atoms with van der Waals surface area (Å²) in [6.07, 6.45) is 3.45. The van der Waals surface area contributed by atoms with E-state index in [1.807, 2.05) is 31.2 Å². The van der Waals surface area contributed by atoms with Crippen molar-refractivity contribution in [3.05, 3.63) is 59.4 Å². The van der Waals surface area contributed by atoms with Gasteiger partial charge in [0.05, 0.1) is 18.1 Å². The summed E-state index contributed by atoms with van der Waals surface area (Å²) in [5, 5.41) is 0. The van der Waals surface area contributed by atoms with Crippen molar-refractivity contribution in [2.45, 2.75) is 19.8 Å². The van der Waals surface area contributed by atoms with Gasteiger partial charge in [0.15, 0.2) is 5.76 Å². The van der Waals surface area contributed by atoms with Gasteiger partial charge in [-0.15, -0.1) is 0 Å². The summed E-state index contributed by atoms with van der Waals surface area (Å²) in [6.45, 7) is 2.53. The van der Waals surface area contributed by atoms with E-state index in [0.29, 0.717) is 23.7 Å². The number of fused-ring (bicyclic) bond motifs is 1. The molecule has 0 radical (unpaired) electrons. The molecule has 0 unspecified atom stereocenters. The second-order valence-electron chi connectivity index (χ2n) is 6.30. The summed E-state index contributed by atoms with van der Waals surface area (Å²) in [7, 11) is 0. The van der Waals surface area contributed by atoms with E-state index in [9.17, 15) is 9.59 Å². The molecule has 1 aliphatic heterocycles. The van der Waals surface area contributed by atoms with Crippen LogP contribution in [-0.2, 0) is 4.79 Å². The molecule has 1 aliphatic carbocycles. The van der Waals surface area contributed by atoms with Crippen LogP contribution in [0.25, 0.3) is 6.08 Å². The van der Waals surface area contributed by atoms with Crippen molar-refractivity contribution in [2.75, 3.05) is 6.61 Å². The second kappa shape index (κ2) is 6.67. The first-order valence-corrected chi connectivity index (χ1v) is 8.67. The Hall–Kier alpha value is -3.08. The summed E-state index contributed by atoms with van der Waals surface area (Å²) >= 11 is 0. The number of rotatable bonds is 5. The van der Waals surface area contributed by atoms with Crippen LogP contribution in [0.4, 0.5) is 0 Å². The predicted octanol–water partition coefficient (Wildman–Crippen LogP) is 4.02. The molecule has 1 heterocycles. The maximum Gasteiger partial charge on any atom is 0.314 e. The molecule has 132 valence electrons. The number of carbonyl (C=O) groups is 2. The fraction of sp³-hybridized carbons (Fsp3) is 0.238. The summed E-state index contributed by atoms with van der Waals surface area (Å²) in [5.41, 5.74) is 1.30. The van der Waals surface area contributed by atoms with Crippen molar-refractivity contribution in [1.82, 2.24) is 0 Å². The van der Waals surface area contributed by atoms with Crippen LogP contribution in [0, 0.1) is 5.92 Å². The van der Waals surface area contributed by atoms with Crippen LogP contribution in [0.3, 0.4) is 0 Å². The molecule has 0 N–H and O–H groups in total. The number of hydrogen-bond donors (Lipinski definition) is 0. The lowest BCUT2D eigenvalue weighted by Gasteiger charge is -2.04. The van der Waals surface area contributed by atoms with Crippen LogP contribution < -0.4 is 14.2 Å². The van der Waals surface area contributed by atoms with E-state index < -0.39 is 0 Å². The highest BCUT2D eigenvalue weighted by Gasteiger charge is 2.32. The van der Waals surface area contributed by atoms with E-state index in [-0.39, 0.29) is 23.4 Å². The molecule has 0 amide bonds. The molecule has 4 rings (SSSR count). The van der Waals surface area contributed by atoms with E-state index in [4.69, 9.17) is 14.2 Å². The maximum absolute atomic E-state index is 12.5. The van der Waals surface area contributed by atoms with Crippen LogP contribution in [-0.4, -0.2) is 18.4 Å². The minimum Gasteiger partial charge on any atom is -0.494 e. The summed E-state index contributed by atoms with van der Waals surface area (Å²) in [6, 6.07) is 12.3. The molecule has 2 aliphatic rings. The Kier molecular flexibility index (Phi) is 4.21. The molecule has 0 bridgehead atoms. The number of ether oxygens (including phenoxy) is 3. The van der Waals surface area contributed by atoms with Crippen LogP contribution in [0.2, 0.25) is 0 Å². The Bertz CT molecular complexity index is 891. The van der Waals surface area contributed by atoms with Crippen molar-refractivity contribution in [3.8, 4) is 17.2 Å². The second-order valence-corrected chi connectivity index (χ2v) is 6.30. The Balaban J connectivity index is 1.52. The number of esters is 1. The highest BCUT2D eigenvalue weighted by Crippen LogP contribution is 2.36. The fourth-order valence-electron chi connectivity index (χ4n) is 2.73. The third kappa shape index (κ3) is 3.33. The van der Waals surface area contributed by atoms with Gasteiger partial charge in [-0.05, 0) is 55.7 Å². The zero-order valence-electron chi connectivity index (χ0n) is 14.4. The van der Waals surface area contributed by atoms with Crippen LogP contribution >= 0.6 is 0 Å². The molecule has 1 fully saturated rings. The average molecular weight is 350 g/mol. The third-order valence-electron chi connectivity index (χ3n) is 4.26. The Labute approximate surface area is 151 Å². The van der Waals surface area contributed by atoms with E-state index in [1.54, 1.807) is 24.3 Å². The average Bonchev–Trinajstić information content (AvgIpc) is 3.44. The van der Waals surface area contributed by atoms with Crippen molar-refractivity contribution in [1.29, 1.82) is 0 Å². The maximum atomic E-state index is 12.5. The lowest BCUT2D eigenvalue weighted by molar-refractivity contribution is -0.135. The summed E-state index contributed by atoms with van der Waals surface area (Å²) in [4.78, 5) is 24.3. The van der Waals surface area contributed by atoms with Gasteiger partial charge in [-0.25, -0.2) is 0 Å². The quantitative estimate of drug-likeness (QED) is 0.463. The number of ketones is 1. The third-order valence-corrected chi connectivity index (χ3v) is 4.26. The molecule has 2 aromatic carbocycles. The van der Waals surface area contributed by atoms with Crippen LogP contribution in [0.5, 0.6) is 17.2 Å². The monoisotopic (exact) mass is 350 g/mol. The van der Waals surface area contributed by atoms with Gasteiger partial charge in [0, 0.05) is 6.07 Å². The Morgan fingerprint density at radius 1 is 1.15 bits per heavy atom. The zero-order chi connectivity index (χ0) is 18.1. The van der Waals surface area contributed by atoms with Crippen LogP contribution in [0.15, 0.2) is 48.2 Å². The molecular weight excluding hydrogens is 332 g/mol. The highest BCUT2D eigenvalue weighted by molar-refractivity contribution is 6.14. The molecule has 2 aromatic rings. The number of allylic oxidation sites excluding steroid dienone is 1. The topological polar surface area (TPSA) is 61.8 Å². The first kappa shape index (κ1) is 16.4. The van der Waals surface area contributed by atoms with Crippen molar-refractivity contribution < 1.29 is 23.8 Å². The molecule has 5 heteroatoms. The van der Waals surface area contributed by atoms with Gasteiger partial charge in [0.1, 0.15) is 17.2 Å². The fourth-order valence-corrected chi connectivity index (χ4v) is 2.73. The normalized spacial score (nSPS) is 17.0. The first-order chi connectivity index (χ1) is 12.6. The van der Waals surface area contributed by atoms with Crippen molar-refractivity contribution in [3.63, 3.8) is 0 Å². The van der Waals surface area contributed by atoms with Crippen molar-refractivity contribution >= 4 is 17.8 Å². The SMILES string of the molecule is CCOc1ccc(C=C2Oc3cc(OC(=O)C4CC4)ccc3C2=O)cc1. The minimum absolute atomic E-state index is 0.0147. The van der Waals surface area contributed by atoms with Gasteiger partial charge in [-0.1, -0.05) is 12.1 Å². The van der Waals surface area contributed by atoms with Gasteiger partial charge >= 0.3 is 5.97 Å². The minimum atomic E-state index is -0.223. The van der Waals surface area contributed by atoms with Crippen molar-refractivity contribution in [2.24, 2.45) is 5.92 Å². The predicted molar refractivity (Wildman–Crippen MR) is 95.3 cm³/mol. The molecule has 26 heavy (non-hydrogen) atoms. The van der Waals surface area contributed by atoms with E-state index in [2.05, 4.69) is 0 Å². The van der Waals surface area contributed by atoms with E-state index in [1.165, 1.54) is 0 Å². The lowest BCUT2D eigenvalue weighted by atomic mass is 10.1. The van der Waals surface area contributed by atoms with Gasteiger partial charge in [-0.2, -0.15) is 0 Å². The standard InChI is InChI=1S/C21H18O5/c1-2-24-15-7-3-13(4-8-15)11-19-20(22)17-10-9-16(12-18(17)26-19)25-21(23)14-5-6-14/h3-4,7-12,14H,2,5-6H2,1H3. The Morgan fingerprint density at radius 2 is 1.88 bits per heavy atom. The number of Topliss-reactive ketones (excluding diaryl/α,β-unsaturated/α-hetero) is 1. The smallest absolute Gasteiger partial charge is 0.314 e. The van der Waals surface area contributed by atoms with E-state index in [0.717, 1.165) is 24.2 Å². The molecule has 5 nitrogen and oxygen atoms in total. The first-order valence-electron chi connectivity index (χ1n) is 8.67. The van der Waals surface area contributed by atoms with Gasteiger partial charge in [0.25, 0.3) is 0 Å². The lowest BCUT2D eigenvalue weighted by Crippen LogP contribution is -2.09. The van der Waals surface area contributed by atoms with Gasteiger partial charge in [-0.3, -0.25) is 9.59 Å². The van der Waals surface area contributed by atoms with Gasteiger partial charge in [0.2, 0.25) is 5.78 Å². The molecule has 0 aromatic heterocycles. The highest BCUT2D eigenvalue weighted by atomic mass is 16.5. The number of benzene rings is 2. The molecule has 0 saturated heterocycles. The molecule has 0 spiro atoms. The Morgan fingerprint density at radius 3 is 2.58 bits per heavy atom.